The van der Waals surface area contributed by atoms with E-state index in [2.05, 4.69) is 4.98 Å². The monoisotopic (exact) mass is 352 g/mol. The average Bonchev–Trinajstić information content (AvgIpc) is 3.17. The van der Waals surface area contributed by atoms with Crippen LogP contribution in [-0.2, 0) is 16.2 Å². The molecule has 1 fully saturated rings. The maximum Gasteiger partial charge on any atom is 0.308 e. The Kier molecular flexibility index (Phi) is 5.63. The number of carboxylic acid groups (broad SMARTS) is 1. The Hall–Kier alpha value is -3.15. The second-order valence-electron chi connectivity index (χ2n) is 6.12. The number of carbonyl (C=O) groups excluding carboxylic acids is 1. The Morgan fingerprint density at radius 1 is 1.23 bits per heavy atom. The van der Waals surface area contributed by atoms with Gasteiger partial charge in [0.25, 0.3) is 0 Å². The first-order valence-electron chi connectivity index (χ1n) is 8.44. The molecule has 1 aromatic carbocycles. The number of aromatic nitrogens is 1. The Morgan fingerprint density at radius 3 is 2.69 bits per heavy atom. The standard InChI is InChI=1S/C20H20N2O4/c23-19(22-12-10-16(13-22)20(24)25)9-6-15-4-7-18(8-5-15)26-14-17-3-1-2-11-21-17/h1-9,11,16H,10,12-14H2,(H,24,25)/b9-6+. The molecule has 1 saturated heterocycles. The molecule has 0 aliphatic carbocycles. The summed E-state index contributed by atoms with van der Waals surface area (Å²) in [5, 5.41) is 8.99. The molecule has 3 rings (SSSR count). The second kappa shape index (κ2) is 8.29. The van der Waals surface area contributed by atoms with Crippen LogP contribution in [0.3, 0.4) is 0 Å². The molecule has 6 heteroatoms. The summed E-state index contributed by atoms with van der Waals surface area (Å²) in [6.45, 7) is 1.16. The van der Waals surface area contributed by atoms with Crippen molar-refractivity contribution in [3.8, 4) is 5.75 Å². The number of pyridine rings is 1. The van der Waals surface area contributed by atoms with Crippen molar-refractivity contribution in [2.24, 2.45) is 5.92 Å². The summed E-state index contributed by atoms with van der Waals surface area (Å²) in [6, 6.07) is 13.1. The van der Waals surface area contributed by atoms with Crippen LogP contribution in [0.15, 0.2) is 54.7 Å². The van der Waals surface area contributed by atoms with Gasteiger partial charge in [0.15, 0.2) is 0 Å². The molecule has 1 amide bonds. The predicted molar refractivity (Wildman–Crippen MR) is 96.4 cm³/mol. The highest BCUT2D eigenvalue weighted by molar-refractivity contribution is 5.92. The van der Waals surface area contributed by atoms with Gasteiger partial charge in [0.05, 0.1) is 11.6 Å². The maximum absolute atomic E-state index is 12.1. The first kappa shape index (κ1) is 17.7. The van der Waals surface area contributed by atoms with Gasteiger partial charge in [0.2, 0.25) is 5.91 Å². The minimum atomic E-state index is -0.842. The molecule has 1 aliphatic heterocycles. The zero-order valence-electron chi connectivity index (χ0n) is 14.2. The fourth-order valence-corrected chi connectivity index (χ4v) is 2.75. The van der Waals surface area contributed by atoms with E-state index in [0.717, 1.165) is 17.0 Å². The molecule has 2 heterocycles. The average molecular weight is 352 g/mol. The van der Waals surface area contributed by atoms with E-state index in [9.17, 15) is 9.59 Å². The first-order valence-corrected chi connectivity index (χ1v) is 8.44. The lowest BCUT2D eigenvalue weighted by molar-refractivity contribution is -0.141. The summed E-state index contributed by atoms with van der Waals surface area (Å²) >= 11 is 0. The number of carbonyl (C=O) groups is 2. The molecule has 26 heavy (non-hydrogen) atoms. The number of likely N-dealkylation sites (tertiary alicyclic amines) is 1. The highest BCUT2D eigenvalue weighted by Gasteiger charge is 2.29. The van der Waals surface area contributed by atoms with Crippen molar-refractivity contribution in [3.63, 3.8) is 0 Å². The number of rotatable bonds is 6. The fourth-order valence-electron chi connectivity index (χ4n) is 2.75. The van der Waals surface area contributed by atoms with E-state index in [1.807, 2.05) is 42.5 Å². The summed E-state index contributed by atoms with van der Waals surface area (Å²) in [5.41, 5.74) is 1.73. The van der Waals surface area contributed by atoms with Gasteiger partial charge in [-0.1, -0.05) is 18.2 Å². The van der Waals surface area contributed by atoms with Crippen molar-refractivity contribution < 1.29 is 19.4 Å². The van der Waals surface area contributed by atoms with Crippen LogP contribution in [0, 0.1) is 5.92 Å². The zero-order valence-corrected chi connectivity index (χ0v) is 14.2. The Labute approximate surface area is 151 Å². The van der Waals surface area contributed by atoms with Gasteiger partial charge < -0.3 is 14.7 Å². The third kappa shape index (κ3) is 4.69. The number of amides is 1. The molecule has 0 saturated carbocycles. The first-order chi connectivity index (χ1) is 12.6. The Balaban J connectivity index is 1.51. The molecule has 134 valence electrons. The molecule has 1 N–H and O–H groups in total. The molecule has 1 aromatic heterocycles. The number of aliphatic carboxylic acids is 1. The lowest BCUT2D eigenvalue weighted by Gasteiger charge is -2.12. The van der Waals surface area contributed by atoms with Crippen LogP contribution in [0.2, 0.25) is 0 Å². The summed E-state index contributed by atoms with van der Waals surface area (Å²) in [7, 11) is 0. The van der Waals surface area contributed by atoms with Crippen LogP contribution in [0.1, 0.15) is 17.7 Å². The third-order valence-corrected chi connectivity index (χ3v) is 4.26. The van der Waals surface area contributed by atoms with Crippen LogP contribution in [-0.4, -0.2) is 40.0 Å². The number of nitrogens with zero attached hydrogens (tertiary/aromatic N) is 2. The highest BCUT2D eigenvalue weighted by Crippen LogP contribution is 2.18. The molecule has 0 bridgehead atoms. The lowest BCUT2D eigenvalue weighted by Crippen LogP contribution is -2.28. The number of hydrogen-bond donors (Lipinski definition) is 1. The molecular weight excluding hydrogens is 332 g/mol. The third-order valence-electron chi connectivity index (χ3n) is 4.26. The van der Waals surface area contributed by atoms with E-state index in [1.165, 1.54) is 6.08 Å². The smallest absolute Gasteiger partial charge is 0.308 e. The van der Waals surface area contributed by atoms with E-state index >= 15 is 0 Å². The molecule has 1 atom stereocenters. The van der Waals surface area contributed by atoms with E-state index in [4.69, 9.17) is 9.84 Å². The number of hydrogen-bond acceptors (Lipinski definition) is 4. The molecular formula is C20H20N2O4. The van der Waals surface area contributed by atoms with E-state index in [-0.39, 0.29) is 12.5 Å². The topological polar surface area (TPSA) is 79.7 Å². The molecule has 1 aliphatic rings. The van der Waals surface area contributed by atoms with Crippen molar-refractivity contribution in [2.45, 2.75) is 13.0 Å². The second-order valence-corrected chi connectivity index (χ2v) is 6.12. The largest absolute Gasteiger partial charge is 0.487 e. The minimum absolute atomic E-state index is 0.163. The summed E-state index contributed by atoms with van der Waals surface area (Å²) in [6.07, 6.45) is 5.44. The van der Waals surface area contributed by atoms with Gasteiger partial charge in [-0.05, 0) is 42.3 Å². The van der Waals surface area contributed by atoms with Gasteiger partial charge in [-0.3, -0.25) is 14.6 Å². The van der Waals surface area contributed by atoms with Crippen LogP contribution in [0.4, 0.5) is 0 Å². The number of ether oxygens (including phenoxy) is 1. The van der Waals surface area contributed by atoms with Crippen molar-refractivity contribution in [3.05, 3.63) is 66.0 Å². The van der Waals surface area contributed by atoms with E-state index in [0.29, 0.717) is 19.6 Å². The molecule has 0 radical (unpaired) electrons. The highest BCUT2D eigenvalue weighted by atomic mass is 16.5. The van der Waals surface area contributed by atoms with Crippen LogP contribution >= 0.6 is 0 Å². The minimum Gasteiger partial charge on any atom is -0.487 e. The lowest BCUT2D eigenvalue weighted by atomic mass is 10.1. The van der Waals surface area contributed by atoms with Crippen LogP contribution in [0.5, 0.6) is 5.75 Å². The summed E-state index contributed by atoms with van der Waals surface area (Å²) in [5.74, 6) is -0.736. The van der Waals surface area contributed by atoms with Gasteiger partial charge in [-0.15, -0.1) is 0 Å². The van der Waals surface area contributed by atoms with Crippen molar-refractivity contribution >= 4 is 18.0 Å². The van der Waals surface area contributed by atoms with Crippen molar-refractivity contribution in [1.82, 2.24) is 9.88 Å². The Morgan fingerprint density at radius 2 is 2.04 bits per heavy atom. The predicted octanol–water partition coefficient (Wildman–Crippen LogP) is 2.61. The summed E-state index contributed by atoms with van der Waals surface area (Å²) < 4.78 is 5.67. The number of benzene rings is 1. The maximum atomic E-state index is 12.1. The molecule has 2 aromatic rings. The summed E-state index contributed by atoms with van der Waals surface area (Å²) in [4.78, 5) is 28.8. The normalized spacial score (nSPS) is 16.8. The number of carboxylic acids is 1. The van der Waals surface area contributed by atoms with E-state index in [1.54, 1.807) is 17.2 Å². The van der Waals surface area contributed by atoms with Crippen LogP contribution < -0.4 is 4.74 Å². The van der Waals surface area contributed by atoms with Gasteiger partial charge >= 0.3 is 5.97 Å². The van der Waals surface area contributed by atoms with E-state index < -0.39 is 11.9 Å². The van der Waals surface area contributed by atoms with Gasteiger partial charge in [-0.2, -0.15) is 0 Å². The van der Waals surface area contributed by atoms with Gasteiger partial charge in [0, 0.05) is 25.4 Å². The molecule has 1 unspecified atom stereocenters. The zero-order chi connectivity index (χ0) is 18.4. The van der Waals surface area contributed by atoms with Gasteiger partial charge in [-0.25, -0.2) is 0 Å². The fraction of sp³-hybridized carbons (Fsp3) is 0.250. The molecule has 0 spiro atoms. The quantitative estimate of drug-likeness (QED) is 0.809. The van der Waals surface area contributed by atoms with Crippen molar-refractivity contribution in [1.29, 1.82) is 0 Å². The Bertz CT molecular complexity index is 787. The van der Waals surface area contributed by atoms with Crippen molar-refractivity contribution in [2.75, 3.05) is 13.1 Å². The van der Waals surface area contributed by atoms with Crippen LogP contribution in [0.25, 0.3) is 6.08 Å². The van der Waals surface area contributed by atoms with Gasteiger partial charge in [0.1, 0.15) is 12.4 Å². The SMILES string of the molecule is O=C(O)C1CCN(C(=O)/C=C/c2ccc(OCc3ccccn3)cc2)C1. The molecule has 6 nitrogen and oxygen atoms in total.